The topological polar surface area (TPSA) is 94.9 Å². The molecule has 1 fully saturated rings. The lowest BCUT2D eigenvalue weighted by Crippen LogP contribution is -2.45. The summed E-state index contributed by atoms with van der Waals surface area (Å²) >= 11 is 0. The number of aliphatic carboxylic acids is 1. The molecule has 1 aliphatic carbocycles. The van der Waals surface area contributed by atoms with E-state index < -0.39 is 18.0 Å². The fourth-order valence-electron chi connectivity index (χ4n) is 4.63. The lowest BCUT2D eigenvalue weighted by atomic mass is 9.96. The van der Waals surface area contributed by atoms with Crippen LogP contribution < -0.4 is 0 Å². The Morgan fingerprint density at radius 1 is 0.939 bits per heavy atom. The van der Waals surface area contributed by atoms with Gasteiger partial charge in [-0.1, -0.05) is 55.3 Å². The van der Waals surface area contributed by atoms with Crippen molar-refractivity contribution in [1.82, 2.24) is 4.90 Å². The molecule has 1 saturated carbocycles. The van der Waals surface area contributed by atoms with E-state index in [-0.39, 0.29) is 23.9 Å². The zero-order valence-electron chi connectivity index (χ0n) is 18.5. The first-order chi connectivity index (χ1) is 15.8. The second-order valence-corrected chi connectivity index (χ2v) is 8.71. The van der Waals surface area contributed by atoms with E-state index >= 15 is 0 Å². The number of hydrogen-bond donors (Lipinski definition) is 2. The van der Waals surface area contributed by atoms with Crippen LogP contribution in [0.3, 0.4) is 0 Å². The highest BCUT2D eigenvalue weighted by Gasteiger charge is 2.32. The second kappa shape index (κ2) is 9.45. The smallest absolute Gasteiger partial charge is 0.336 e. The van der Waals surface area contributed by atoms with Crippen LogP contribution in [-0.2, 0) is 16.1 Å². The highest BCUT2D eigenvalue weighted by molar-refractivity contribution is 5.98. The van der Waals surface area contributed by atoms with E-state index in [0.717, 1.165) is 47.6 Å². The minimum Gasteiger partial charge on any atom is -0.480 e. The van der Waals surface area contributed by atoms with Crippen molar-refractivity contribution in [2.24, 2.45) is 5.92 Å². The van der Waals surface area contributed by atoms with Crippen LogP contribution in [0.5, 0.6) is 0 Å². The Labute approximate surface area is 192 Å². The van der Waals surface area contributed by atoms with E-state index in [4.69, 9.17) is 0 Å². The van der Waals surface area contributed by atoms with Crippen molar-refractivity contribution < 1.29 is 24.6 Å². The molecule has 6 nitrogen and oxygen atoms in total. The van der Waals surface area contributed by atoms with Crippen LogP contribution in [-0.4, -0.2) is 39.0 Å². The van der Waals surface area contributed by atoms with Crippen LogP contribution in [0, 0.1) is 5.92 Å². The van der Waals surface area contributed by atoms with Crippen LogP contribution in [0.2, 0.25) is 0 Å². The fourth-order valence-corrected chi connectivity index (χ4v) is 4.63. The molecule has 0 heterocycles. The molecule has 0 aromatic heterocycles. The number of aromatic carboxylic acids is 1. The Hall–Kier alpha value is -3.67. The van der Waals surface area contributed by atoms with Crippen LogP contribution >= 0.6 is 0 Å². The van der Waals surface area contributed by atoms with Gasteiger partial charge in [0, 0.05) is 12.5 Å². The summed E-state index contributed by atoms with van der Waals surface area (Å²) < 4.78 is 0. The fraction of sp³-hybridized carbons (Fsp3) is 0.296. The zero-order chi connectivity index (χ0) is 23.5. The van der Waals surface area contributed by atoms with Gasteiger partial charge in [-0.2, -0.15) is 0 Å². The lowest BCUT2D eigenvalue weighted by Gasteiger charge is -2.29. The summed E-state index contributed by atoms with van der Waals surface area (Å²) in [6.45, 7) is 1.80. The number of fused-ring (bicyclic) bond motifs is 1. The molecule has 1 aliphatic rings. The normalized spacial score (nSPS) is 14.8. The molecule has 4 rings (SSSR count). The number of carbonyl (C=O) groups is 3. The molecule has 0 spiro atoms. The molecule has 1 atom stereocenters. The van der Waals surface area contributed by atoms with Crippen molar-refractivity contribution in [2.45, 2.75) is 45.2 Å². The van der Waals surface area contributed by atoms with Gasteiger partial charge < -0.3 is 15.1 Å². The maximum atomic E-state index is 13.1. The van der Waals surface area contributed by atoms with Crippen molar-refractivity contribution in [3.8, 4) is 11.1 Å². The predicted molar refractivity (Wildman–Crippen MR) is 126 cm³/mol. The highest BCUT2D eigenvalue weighted by atomic mass is 16.4. The van der Waals surface area contributed by atoms with E-state index in [1.165, 1.54) is 4.90 Å². The number of carbonyl (C=O) groups excluding carboxylic acids is 1. The van der Waals surface area contributed by atoms with Gasteiger partial charge in [-0.05, 0) is 65.4 Å². The Morgan fingerprint density at radius 3 is 2.30 bits per heavy atom. The molecule has 170 valence electrons. The molecule has 0 saturated heterocycles. The maximum absolute atomic E-state index is 13.1. The Morgan fingerprint density at radius 2 is 1.61 bits per heavy atom. The lowest BCUT2D eigenvalue weighted by molar-refractivity contribution is -0.151. The SMILES string of the molecule is C[C@@H](C(=O)O)N(Cc1ccc2cc(-c3ccccc3C(=O)O)ccc2c1)C(=O)C1CCCC1. The number of benzene rings is 3. The monoisotopic (exact) mass is 445 g/mol. The number of carboxylic acids is 2. The maximum Gasteiger partial charge on any atom is 0.336 e. The summed E-state index contributed by atoms with van der Waals surface area (Å²) in [7, 11) is 0. The number of rotatable bonds is 7. The van der Waals surface area contributed by atoms with Gasteiger partial charge in [0.05, 0.1) is 5.56 Å². The Bertz CT molecular complexity index is 1210. The minimum absolute atomic E-state index is 0.0804. The number of amides is 1. The molecule has 3 aromatic carbocycles. The summed E-state index contributed by atoms with van der Waals surface area (Å²) in [5.41, 5.74) is 2.57. The molecular formula is C27H27NO5. The number of hydrogen-bond acceptors (Lipinski definition) is 3. The van der Waals surface area contributed by atoms with Crippen LogP contribution in [0.1, 0.15) is 48.5 Å². The largest absolute Gasteiger partial charge is 0.480 e. The average molecular weight is 446 g/mol. The Kier molecular flexibility index (Phi) is 6.45. The van der Waals surface area contributed by atoms with Gasteiger partial charge in [0.15, 0.2) is 0 Å². The molecule has 0 unspecified atom stereocenters. The van der Waals surface area contributed by atoms with Crippen molar-refractivity contribution in [3.63, 3.8) is 0 Å². The third-order valence-electron chi connectivity index (χ3n) is 6.54. The molecule has 3 aromatic rings. The van der Waals surface area contributed by atoms with Crippen molar-refractivity contribution in [1.29, 1.82) is 0 Å². The van der Waals surface area contributed by atoms with E-state index in [0.29, 0.717) is 5.56 Å². The van der Waals surface area contributed by atoms with Crippen molar-refractivity contribution >= 4 is 28.6 Å². The highest BCUT2D eigenvalue weighted by Crippen LogP contribution is 2.30. The van der Waals surface area contributed by atoms with Gasteiger partial charge in [0.1, 0.15) is 6.04 Å². The van der Waals surface area contributed by atoms with Gasteiger partial charge >= 0.3 is 11.9 Å². The summed E-state index contributed by atoms with van der Waals surface area (Å²) in [6, 6.07) is 17.6. The molecule has 1 amide bonds. The first-order valence-electron chi connectivity index (χ1n) is 11.2. The summed E-state index contributed by atoms with van der Waals surface area (Å²) in [5, 5.41) is 20.9. The van der Waals surface area contributed by atoms with Crippen molar-refractivity contribution in [2.75, 3.05) is 0 Å². The van der Waals surface area contributed by atoms with Crippen molar-refractivity contribution in [3.05, 3.63) is 71.8 Å². The molecule has 33 heavy (non-hydrogen) atoms. The van der Waals surface area contributed by atoms with Gasteiger partial charge in [0.2, 0.25) is 5.91 Å². The minimum atomic E-state index is -1.01. The second-order valence-electron chi connectivity index (χ2n) is 8.71. The molecule has 0 bridgehead atoms. The van der Waals surface area contributed by atoms with E-state index in [9.17, 15) is 24.6 Å². The summed E-state index contributed by atoms with van der Waals surface area (Å²) in [4.78, 5) is 37.8. The molecular weight excluding hydrogens is 418 g/mol. The first kappa shape index (κ1) is 22.5. The first-order valence-corrected chi connectivity index (χ1v) is 11.2. The molecule has 0 radical (unpaired) electrons. The van der Waals surface area contributed by atoms with Crippen LogP contribution in [0.4, 0.5) is 0 Å². The standard InChI is InChI=1S/C27H27NO5/c1-17(26(30)31)28(25(29)19-6-2-3-7-19)16-18-10-11-21-15-22(13-12-20(21)14-18)23-8-4-5-9-24(23)27(32)33/h4-5,8-15,17,19H,2-3,6-7,16H2,1H3,(H,30,31)(H,32,33)/t17-/m0/s1. The summed E-state index contributed by atoms with van der Waals surface area (Å²) in [5.74, 6) is -2.16. The Balaban J connectivity index is 1.63. The number of nitrogens with zero attached hydrogens (tertiary/aromatic N) is 1. The van der Waals surface area contributed by atoms with E-state index in [1.54, 1.807) is 25.1 Å². The van der Waals surface area contributed by atoms with Gasteiger partial charge in [-0.3, -0.25) is 4.79 Å². The van der Waals surface area contributed by atoms with Gasteiger partial charge in [-0.25, -0.2) is 9.59 Å². The van der Waals surface area contributed by atoms with Crippen LogP contribution in [0.25, 0.3) is 21.9 Å². The van der Waals surface area contributed by atoms with E-state index in [2.05, 4.69) is 0 Å². The third-order valence-corrected chi connectivity index (χ3v) is 6.54. The predicted octanol–water partition coefficient (Wildman–Crippen LogP) is 5.20. The molecule has 6 heteroatoms. The third kappa shape index (κ3) is 4.75. The van der Waals surface area contributed by atoms with Crippen LogP contribution in [0.15, 0.2) is 60.7 Å². The molecule has 2 N–H and O–H groups in total. The average Bonchev–Trinajstić information content (AvgIpc) is 3.36. The number of carboxylic acid groups (broad SMARTS) is 2. The molecule has 0 aliphatic heterocycles. The quantitative estimate of drug-likeness (QED) is 0.521. The van der Waals surface area contributed by atoms with E-state index in [1.807, 2.05) is 42.5 Å². The summed E-state index contributed by atoms with van der Waals surface area (Å²) in [6.07, 6.45) is 3.66. The zero-order valence-corrected chi connectivity index (χ0v) is 18.5. The van der Waals surface area contributed by atoms with Gasteiger partial charge in [0.25, 0.3) is 0 Å². The van der Waals surface area contributed by atoms with Gasteiger partial charge in [-0.15, -0.1) is 0 Å².